The maximum Gasteiger partial charge on any atom is 0.277 e. The summed E-state index contributed by atoms with van der Waals surface area (Å²) in [5.74, 6) is 0.979. The molecule has 6 nitrogen and oxygen atoms in total. The summed E-state index contributed by atoms with van der Waals surface area (Å²) < 4.78 is 10.9. The molecule has 154 valence electrons. The van der Waals surface area contributed by atoms with E-state index in [1.54, 1.807) is 31.4 Å². The molecule has 1 N–H and O–H groups in total. The molecule has 0 aliphatic carbocycles. The number of hydrazone groups is 1. The van der Waals surface area contributed by atoms with E-state index in [-0.39, 0.29) is 12.5 Å². The molecule has 29 heavy (non-hydrogen) atoms. The van der Waals surface area contributed by atoms with Gasteiger partial charge in [0.05, 0.1) is 17.8 Å². The molecule has 0 unspecified atom stereocenters. The van der Waals surface area contributed by atoms with Gasteiger partial charge in [0, 0.05) is 12.1 Å². The quantitative estimate of drug-likeness (QED) is 0.525. The zero-order valence-corrected chi connectivity index (χ0v) is 17.5. The molecule has 2 aromatic carbocycles. The van der Waals surface area contributed by atoms with Crippen LogP contribution in [0, 0.1) is 0 Å². The van der Waals surface area contributed by atoms with E-state index >= 15 is 0 Å². The van der Waals surface area contributed by atoms with Gasteiger partial charge in [-0.15, -0.1) is 0 Å². The largest absolute Gasteiger partial charge is 0.496 e. The number of nitrogens with one attached hydrogen (secondary N) is 1. The van der Waals surface area contributed by atoms with E-state index in [4.69, 9.17) is 21.1 Å². The number of benzene rings is 2. The molecule has 3 rings (SSSR count). The van der Waals surface area contributed by atoms with Crippen LogP contribution in [0.3, 0.4) is 0 Å². The topological polar surface area (TPSA) is 63.2 Å². The number of ether oxygens (including phenoxy) is 2. The van der Waals surface area contributed by atoms with Crippen LogP contribution in [-0.4, -0.2) is 43.3 Å². The summed E-state index contributed by atoms with van der Waals surface area (Å²) in [6, 6.07) is 13.0. The average Bonchev–Trinajstić information content (AvgIpc) is 3.24. The molecule has 0 aromatic heterocycles. The predicted molar refractivity (Wildman–Crippen MR) is 115 cm³/mol. The first-order chi connectivity index (χ1) is 14.1. The zero-order valence-electron chi connectivity index (χ0n) is 16.8. The van der Waals surface area contributed by atoms with Crippen molar-refractivity contribution in [3.63, 3.8) is 0 Å². The highest BCUT2D eigenvalue weighted by Crippen LogP contribution is 2.24. The number of likely N-dealkylation sites (tertiary alicyclic amines) is 1. The second kappa shape index (κ2) is 10.3. The van der Waals surface area contributed by atoms with Gasteiger partial charge in [-0.2, -0.15) is 5.10 Å². The lowest BCUT2D eigenvalue weighted by Gasteiger charge is -2.17. The molecule has 1 amide bonds. The van der Waals surface area contributed by atoms with Crippen LogP contribution in [0.1, 0.15) is 30.9 Å². The summed E-state index contributed by atoms with van der Waals surface area (Å²) in [5.41, 5.74) is 5.30. The first-order valence-corrected chi connectivity index (χ1v) is 10.0. The number of hydrogen-bond donors (Lipinski definition) is 1. The monoisotopic (exact) mass is 415 g/mol. The van der Waals surface area contributed by atoms with Crippen molar-refractivity contribution in [2.45, 2.75) is 26.3 Å². The standard InChI is InChI=1S/C22H26ClN3O3/c1-16(24-25-22(27)15-29-21-8-4-3-7-19(21)23)17-9-10-20(28-2)18(13-17)14-26-11-5-6-12-26/h3-4,7-10,13H,5-6,11-12,14-15H2,1-2H3,(H,25,27)/b24-16-. The van der Waals surface area contributed by atoms with Crippen LogP contribution in [0.4, 0.5) is 0 Å². The molecule has 7 heteroatoms. The molecule has 0 spiro atoms. The lowest BCUT2D eigenvalue weighted by Crippen LogP contribution is -2.25. The Labute approximate surface area is 176 Å². The van der Waals surface area contributed by atoms with Crippen LogP contribution < -0.4 is 14.9 Å². The van der Waals surface area contributed by atoms with Gasteiger partial charge in [0.2, 0.25) is 0 Å². The number of nitrogens with zero attached hydrogens (tertiary/aromatic N) is 2. The first kappa shape index (κ1) is 21.1. The zero-order chi connectivity index (χ0) is 20.6. The number of amides is 1. The maximum absolute atomic E-state index is 12.0. The third kappa shape index (κ3) is 5.95. The molecule has 1 saturated heterocycles. The fourth-order valence-corrected chi connectivity index (χ4v) is 3.45. The van der Waals surface area contributed by atoms with Crippen molar-refractivity contribution in [3.8, 4) is 11.5 Å². The van der Waals surface area contributed by atoms with Crippen molar-refractivity contribution in [2.24, 2.45) is 5.10 Å². The van der Waals surface area contributed by atoms with E-state index < -0.39 is 0 Å². The minimum absolute atomic E-state index is 0.163. The molecule has 2 aromatic rings. The molecule has 1 aliphatic heterocycles. The molecule has 0 saturated carbocycles. The second-order valence-electron chi connectivity index (χ2n) is 6.96. The van der Waals surface area contributed by atoms with Crippen LogP contribution in [0.15, 0.2) is 47.6 Å². The van der Waals surface area contributed by atoms with Crippen molar-refractivity contribution in [1.82, 2.24) is 10.3 Å². The maximum atomic E-state index is 12.0. The van der Waals surface area contributed by atoms with E-state index in [0.29, 0.717) is 16.5 Å². The first-order valence-electron chi connectivity index (χ1n) is 9.67. The number of hydrogen-bond acceptors (Lipinski definition) is 5. The molecule has 0 radical (unpaired) electrons. The Morgan fingerprint density at radius 2 is 1.93 bits per heavy atom. The highest BCUT2D eigenvalue weighted by Gasteiger charge is 2.15. The minimum atomic E-state index is -0.352. The number of carbonyl (C=O) groups excluding carboxylic acids is 1. The Balaban J connectivity index is 1.61. The summed E-state index contributed by atoms with van der Waals surface area (Å²) >= 11 is 6.02. The summed E-state index contributed by atoms with van der Waals surface area (Å²) in [6.07, 6.45) is 2.48. The number of methoxy groups -OCH3 is 1. The number of carbonyl (C=O) groups is 1. The van der Waals surface area contributed by atoms with Gasteiger partial charge in [0.1, 0.15) is 11.5 Å². The molecule has 1 aliphatic rings. The fraction of sp³-hybridized carbons (Fsp3) is 0.364. The summed E-state index contributed by atoms with van der Waals surface area (Å²) in [6.45, 7) is 4.77. The molecule has 0 bridgehead atoms. The predicted octanol–water partition coefficient (Wildman–Crippen LogP) is 3.86. The van der Waals surface area contributed by atoms with E-state index in [9.17, 15) is 4.79 Å². The van der Waals surface area contributed by atoms with Crippen molar-refractivity contribution < 1.29 is 14.3 Å². The Morgan fingerprint density at radius 1 is 1.17 bits per heavy atom. The Morgan fingerprint density at radius 3 is 2.66 bits per heavy atom. The Bertz CT molecular complexity index is 879. The van der Waals surface area contributed by atoms with E-state index in [0.717, 1.165) is 36.5 Å². The number of rotatable bonds is 8. The van der Waals surface area contributed by atoms with Gasteiger partial charge < -0.3 is 9.47 Å². The highest BCUT2D eigenvalue weighted by molar-refractivity contribution is 6.32. The molecular weight excluding hydrogens is 390 g/mol. The van der Waals surface area contributed by atoms with Crippen molar-refractivity contribution in [1.29, 1.82) is 0 Å². The SMILES string of the molecule is COc1ccc(/C(C)=N\NC(=O)COc2ccccc2Cl)cc1CN1CCCC1. The Hall–Kier alpha value is -2.57. The third-order valence-electron chi connectivity index (χ3n) is 4.83. The summed E-state index contributed by atoms with van der Waals surface area (Å²) in [5, 5.41) is 4.67. The van der Waals surface area contributed by atoms with Crippen LogP contribution in [0.25, 0.3) is 0 Å². The number of para-hydroxylation sites is 1. The third-order valence-corrected chi connectivity index (χ3v) is 5.15. The normalized spacial score (nSPS) is 14.7. The molecule has 0 atom stereocenters. The number of halogens is 1. The fourth-order valence-electron chi connectivity index (χ4n) is 3.26. The van der Waals surface area contributed by atoms with Gasteiger partial charge in [-0.25, -0.2) is 5.43 Å². The molecule has 1 heterocycles. The summed E-state index contributed by atoms with van der Waals surface area (Å²) in [4.78, 5) is 14.5. The van der Waals surface area contributed by atoms with Gasteiger partial charge in [-0.3, -0.25) is 9.69 Å². The molecular formula is C22H26ClN3O3. The van der Waals surface area contributed by atoms with Crippen LogP contribution in [0.2, 0.25) is 5.02 Å². The van der Waals surface area contributed by atoms with Crippen LogP contribution in [-0.2, 0) is 11.3 Å². The highest BCUT2D eigenvalue weighted by atomic mass is 35.5. The molecule has 1 fully saturated rings. The van der Waals surface area contributed by atoms with Crippen LogP contribution >= 0.6 is 11.6 Å². The van der Waals surface area contributed by atoms with Crippen molar-refractivity contribution in [3.05, 3.63) is 58.6 Å². The summed E-state index contributed by atoms with van der Waals surface area (Å²) in [7, 11) is 1.68. The Kier molecular flexibility index (Phi) is 7.49. The van der Waals surface area contributed by atoms with Crippen LogP contribution in [0.5, 0.6) is 11.5 Å². The van der Waals surface area contributed by atoms with Crippen molar-refractivity contribution in [2.75, 3.05) is 26.8 Å². The lowest BCUT2D eigenvalue weighted by molar-refractivity contribution is -0.123. The van der Waals surface area contributed by atoms with Gasteiger partial charge in [-0.1, -0.05) is 23.7 Å². The van der Waals surface area contributed by atoms with E-state index in [2.05, 4.69) is 21.5 Å². The smallest absolute Gasteiger partial charge is 0.277 e. The van der Waals surface area contributed by atoms with E-state index in [1.807, 2.05) is 19.1 Å². The second-order valence-corrected chi connectivity index (χ2v) is 7.37. The van der Waals surface area contributed by atoms with Gasteiger partial charge >= 0.3 is 0 Å². The average molecular weight is 416 g/mol. The van der Waals surface area contributed by atoms with Gasteiger partial charge in [0.15, 0.2) is 6.61 Å². The van der Waals surface area contributed by atoms with Gasteiger partial charge in [-0.05, 0) is 68.8 Å². The minimum Gasteiger partial charge on any atom is -0.496 e. The van der Waals surface area contributed by atoms with Gasteiger partial charge in [0.25, 0.3) is 5.91 Å². The van der Waals surface area contributed by atoms with Crippen molar-refractivity contribution >= 4 is 23.2 Å². The lowest BCUT2D eigenvalue weighted by atomic mass is 10.1. The van der Waals surface area contributed by atoms with E-state index in [1.165, 1.54) is 12.8 Å².